The topological polar surface area (TPSA) is 62.1 Å². The number of benzene rings is 4. The summed E-state index contributed by atoms with van der Waals surface area (Å²) < 4.78 is 6.14. The minimum Gasteiger partial charge on any atom is -0.488 e. The molecule has 0 saturated carbocycles. The first-order valence-corrected chi connectivity index (χ1v) is 11.2. The van der Waals surface area contributed by atoms with E-state index in [0.29, 0.717) is 17.9 Å². The van der Waals surface area contributed by atoms with E-state index in [1.54, 1.807) is 6.08 Å². The van der Waals surface area contributed by atoms with Gasteiger partial charge in [-0.25, -0.2) is 0 Å². The summed E-state index contributed by atoms with van der Waals surface area (Å²) >= 11 is 0. The van der Waals surface area contributed by atoms with Crippen LogP contribution in [0.5, 0.6) is 5.75 Å². The number of aryl methyl sites for hydroxylation is 3. The molecule has 0 aliphatic rings. The highest BCUT2D eigenvalue weighted by molar-refractivity contribution is 6.11. The average molecular weight is 447 g/mol. The van der Waals surface area contributed by atoms with Crippen molar-refractivity contribution in [1.29, 1.82) is 5.26 Å². The summed E-state index contributed by atoms with van der Waals surface area (Å²) in [5.74, 6) is 0.172. The van der Waals surface area contributed by atoms with Crippen molar-refractivity contribution in [2.24, 2.45) is 0 Å². The van der Waals surface area contributed by atoms with Crippen LogP contribution in [0.25, 0.3) is 16.8 Å². The van der Waals surface area contributed by atoms with Crippen LogP contribution in [0.1, 0.15) is 27.8 Å². The predicted molar refractivity (Wildman–Crippen MR) is 138 cm³/mol. The second kappa shape index (κ2) is 10.1. The van der Waals surface area contributed by atoms with Crippen molar-refractivity contribution in [3.8, 4) is 11.8 Å². The predicted octanol–water partition coefficient (Wildman–Crippen LogP) is 6.89. The number of ether oxygens (including phenoxy) is 1. The van der Waals surface area contributed by atoms with E-state index in [0.717, 1.165) is 38.7 Å². The smallest absolute Gasteiger partial charge is 0.266 e. The molecule has 0 atom stereocenters. The van der Waals surface area contributed by atoms with E-state index < -0.39 is 5.91 Å². The Bertz CT molecular complexity index is 1410. The molecule has 0 spiro atoms. The molecule has 168 valence electrons. The zero-order valence-electron chi connectivity index (χ0n) is 19.6. The number of amides is 1. The van der Waals surface area contributed by atoms with Gasteiger partial charge in [-0.05, 0) is 60.4 Å². The van der Waals surface area contributed by atoms with Crippen LogP contribution in [0.3, 0.4) is 0 Å². The van der Waals surface area contributed by atoms with E-state index in [-0.39, 0.29) is 5.57 Å². The largest absolute Gasteiger partial charge is 0.488 e. The van der Waals surface area contributed by atoms with Gasteiger partial charge in [0, 0.05) is 11.3 Å². The van der Waals surface area contributed by atoms with Crippen LogP contribution in [0.15, 0.2) is 84.4 Å². The minimum absolute atomic E-state index is 0.0142. The number of carbonyl (C=O) groups excluding carboxylic acids is 1. The number of nitrogens with one attached hydrogen (secondary N) is 1. The van der Waals surface area contributed by atoms with Crippen molar-refractivity contribution in [2.45, 2.75) is 27.4 Å². The summed E-state index contributed by atoms with van der Waals surface area (Å²) in [5, 5.41) is 14.7. The first-order chi connectivity index (χ1) is 16.5. The Morgan fingerprint density at radius 2 is 1.62 bits per heavy atom. The molecule has 4 aromatic rings. The van der Waals surface area contributed by atoms with Crippen LogP contribution in [-0.2, 0) is 11.4 Å². The van der Waals surface area contributed by atoms with Gasteiger partial charge in [0.2, 0.25) is 0 Å². The monoisotopic (exact) mass is 446 g/mol. The number of nitrogens with zero attached hydrogens (tertiary/aromatic N) is 1. The maximum absolute atomic E-state index is 13.1. The Balaban J connectivity index is 1.72. The summed E-state index contributed by atoms with van der Waals surface area (Å²) in [6.45, 7) is 6.30. The van der Waals surface area contributed by atoms with Gasteiger partial charge in [0.05, 0.1) is 0 Å². The Morgan fingerprint density at radius 3 is 2.32 bits per heavy atom. The van der Waals surface area contributed by atoms with E-state index in [4.69, 9.17) is 4.74 Å². The molecule has 0 aliphatic heterocycles. The van der Waals surface area contributed by atoms with Crippen molar-refractivity contribution in [3.63, 3.8) is 0 Å². The number of hydrogen-bond acceptors (Lipinski definition) is 3. The minimum atomic E-state index is -0.445. The average Bonchev–Trinajstić information content (AvgIpc) is 2.84. The summed E-state index contributed by atoms with van der Waals surface area (Å²) in [6, 6.07) is 27.7. The molecule has 0 saturated heterocycles. The highest BCUT2D eigenvalue weighted by Crippen LogP contribution is 2.31. The molecular weight excluding hydrogens is 420 g/mol. The molecule has 0 bridgehead atoms. The van der Waals surface area contributed by atoms with Gasteiger partial charge in [0.25, 0.3) is 5.91 Å². The van der Waals surface area contributed by atoms with Crippen LogP contribution < -0.4 is 10.1 Å². The van der Waals surface area contributed by atoms with Crippen LogP contribution in [-0.4, -0.2) is 5.91 Å². The molecule has 0 radical (unpaired) electrons. The summed E-state index contributed by atoms with van der Waals surface area (Å²) in [5.41, 5.74) is 5.53. The van der Waals surface area contributed by atoms with Gasteiger partial charge in [0.1, 0.15) is 24.0 Å². The van der Waals surface area contributed by atoms with Crippen LogP contribution in [0.4, 0.5) is 5.69 Å². The summed E-state index contributed by atoms with van der Waals surface area (Å²) in [7, 11) is 0. The maximum Gasteiger partial charge on any atom is 0.266 e. The molecule has 0 heterocycles. The molecule has 0 aromatic heterocycles. The first kappa shape index (κ1) is 22.8. The fourth-order valence-corrected chi connectivity index (χ4v) is 4.14. The molecule has 1 N–H and O–H groups in total. The lowest BCUT2D eigenvalue weighted by molar-refractivity contribution is -0.112. The van der Waals surface area contributed by atoms with Gasteiger partial charge in [-0.3, -0.25) is 4.79 Å². The van der Waals surface area contributed by atoms with Crippen molar-refractivity contribution in [1.82, 2.24) is 0 Å². The van der Waals surface area contributed by atoms with Crippen LogP contribution in [0, 0.1) is 32.1 Å². The van der Waals surface area contributed by atoms with Crippen molar-refractivity contribution < 1.29 is 9.53 Å². The van der Waals surface area contributed by atoms with E-state index >= 15 is 0 Å². The molecule has 4 nitrogen and oxygen atoms in total. The number of nitriles is 1. The molecule has 0 unspecified atom stereocenters. The lowest BCUT2D eigenvalue weighted by atomic mass is 10.0. The van der Waals surface area contributed by atoms with Gasteiger partial charge in [0.15, 0.2) is 0 Å². The molecule has 4 rings (SSSR count). The third-order valence-electron chi connectivity index (χ3n) is 5.74. The Morgan fingerprint density at radius 1 is 0.941 bits per heavy atom. The standard InChI is InChI=1S/C30H26N2O2/c1-20-15-21(2)29(22(3)16-20)32-30(33)25(18-31)17-27-26-12-8-7-11-24(26)13-14-28(27)34-19-23-9-5-4-6-10-23/h4-17H,19H2,1-3H3,(H,32,33)/b25-17+. The molecule has 1 amide bonds. The fraction of sp³-hybridized carbons (Fsp3) is 0.133. The lowest BCUT2D eigenvalue weighted by Gasteiger charge is -2.14. The molecule has 4 heteroatoms. The van der Waals surface area contributed by atoms with Gasteiger partial charge >= 0.3 is 0 Å². The quantitative estimate of drug-likeness (QED) is 0.259. The van der Waals surface area contributed by atoms with Crippen molar-refractivity contribution in [2.75, 3.05) is 5.32 Å². The van der Waals surface area contributed by atoms with Crippen molar-refractivity contribution >= 4 is 28.4 Å². The van der Waals surface area contributed by atoms with Gasteiger partial charge < -0.3 is 10.1 Å². The van der Waals surface area contributed by atoms with E-state index in [9.17, 15) is 10.1 Å². The zero-order chi connectivity index (χ0) is 24.1. The number of anilines is 1. The Kier molecular flexibility index (Phi) is 6.75. The zero-order valence-corrected chi connectivity index (χ0v) is 19.6. The normalized spacial score (nSPS) is 11.2. The highest BCUT2D eigenvalue weighted by atomic mass is 16.5. The highest BCUT2D eigenvalue weighted by Gasteiger charge is 2.16. The third-order valence-corrected chi connectivity index (χ3v) is 5.74. The van der Waals surface area contributed by atoms with Crippen molar-refractivity contribution in [3.05, 3.63) is 112 Å². The van der Waals surface area contributed by atoms with E-state index in [2.05, 4.69) is 11.4 Å². The van der Waals surface area contributed by atoms with Gasteiger partial charge in [-0.15, -0.1) is 0 Å². The van der Waals surface area contributed by atoms with Gasteiger partial charge in [-0.1, -0.05) is 78.4 Å². The number of fused-ring (bicyclic) bond motifs is 1. The van der Waals surface area contributed by atoms with Gasteiger partial charge in [-0.2, -0.15) is 5.26 Å². The summed E-state index contributed by atoms with van der Waals surface area (Å²) in [4.78, 5) is 13.1. The van der Waals surface area contributed by atoms with E-state index in [1.165, 1.54) is 0 Å². The SMILES string of the molecule is Cc1cc(C)c(NC(=O)/C(C#N)=C/c2c(OCc3ccccc3)ccc3ccccc23)c(C)c1. The Labute approximate surface area is 200 Å². The number of hydrogen-bond donors (Lipinski definition) is 1. The second-order valence-corrected chi connectivity index (χ2v) is 8.37. The lowest BCUT2D eigenvalue weighted by Crippen LogP contribution is -2.15. The fourth-order valence-electron chi connectivity index (χ4n) is 4.14. The van der Waals surface area contributed by atoms with E-state index in [1.807, 2.05) is 99.6 Å². The Hall–Kier alpha value is -4.36. The molecule has 0 aliphatic carbocycles. The van der Waals surface area contributed by atoms with Crippen LogP contribution in [0.2, 0.25) is 0 Å². The molecule has 4 aromatic carbocycles. The maximum atomic E-state index is 13.1. The van der Waals surface area contributed by atoms with Crippen LogP contribution >= 0.6 is 0 Å². The molecule has 0 fully saturated rings. The third kappa shape index (κ3) is 5.00. The second-order valence-electron chi connectivity index (χ2n) is 8.37. The first-order valence-electron chi connectivity index (χ1n) is 11.2. The number of rotatable bonds is 6. The summed E-state index contributed by atoms with van der Waals surface area (Å²) in [6.07, 6.45) is 1.62. The molecule has 34 heavy (non-hydrogen) atoms. The number of carbonyl (C=O) groups is 1. The molecular formula is C30H26N2O2.